The van der Waals surface area contributed by atoms with Crippen LogP contribution in [0.4, 0.5) is 0 Å². The molecule has 0 saturated heterocycles. The zero-order valence-corrected chi connectivity index (χ0v) is 13.1. The molecule has 0 aliphatic rings. The Morgan fingerprint density at radius 1 is 0.947 bits per heavy atom. The number of amides is 1. The largest absolute Gasteiger partial charge is 0.356 e. The van der Waals surface area contributed by atoms with Crippen LogP contribution in [-0.4, -0.2) is 50.6 Å². The maximum Gasteiger partial charge on any atom is 0.221 e. The van der Waals surface area contributed by atoms with E-state index in [-0.39, 0.29) is 5.91 Å². The summed E-state index contributed by atoms with van der Waals surface area (Å²) in [6, 6.07) is 0. The predicted molar refractivity (Wildman–Crippen MR) is 82.4 cm³/mol. The highest BCUT2D eigenvalue weighted by Crippen LogP contribution is 2.00. The molecule has 0 rings (SSSR count). The highest BCUT2D eigenvalue weighted by Gasteiger charge is 2.04. The Kier molecular flexibility index (Phi) is 13.4. The van der Waals surface area contributed by atoms with Gasteiger partial charge in [-0.05, 0) is 45.9 Å². The lowest BCUT2D eigenvalue weighted by Crippen LogP contribution is -2.32. The first-order valence-electron chi connectivity index (χ1n) is 7.88. The van der Waals surface area contributed by atoms with Crippen molar-refractivity contribution in [1.82, 2.24) is 15.5 Å². The van der Waals surface area contributed by atoms with Gasteiger partial charge >= 0.3 is 0 Å². The Hall–Kier alpha value is -0.610. The second kappa shape index (κ2) is 13.8. The van der Waals surface area contributed by atoms with Gasteiger partial charge in [0, 0.05) is 19.5 Å². The number of hydrogen-bond acceptors (Lipinski definition) is 3. The van der Waals surface area contributed by atoms with Gasteiger partial charge in [-0.2, -0.15) is 0 Å². The zero-order chi connectivity index (χ0) is 14.3. The van der Waals surface area contributed by atoms with E-state index in [1.54, 1.807) is 0 Å². The minimum Gasteiger partial charge on any atom is -0.356 e. The lowest BCUT2D eigenvalue weighted by Gasteiger charge is -2.21. The summed E-state index contributed by atoms with van der Waals surface area (Å²) in [7, 11) is 1.87. The van der Waals surface area contributed by atoms with Gasteiger partial charge in [-0.1, -0.05) is 26.7 Å². The monoisotopic (exact) mass is 271 g/mol. The number of carbonyl (C=O) groups excluding carboxylic acids is 1. The van der Waals surface area contributed by atoms with Crippen LogP contribution < -0.4 is 10.6 Å². The molecule has 0 aromatic heterocycles. The van der Waals surface area contributed by atoms with Crippen molar-refractivity contribution in [2.24, 2.45) is 0 Å². The highest BCUT2D eigenvalue weighted by atomic mass is 16.1. The van der Waals surface area contributed by atoms with Crippen molar-refractivity contribution in [3.05, 3.63) is 0 Å². The van der Waals surface area contributed by atoms with Crippen molar-refractivity contribution in [2.75, 3.05) is 39.8 Å². The number of nitrogens with zero attached hydrogens (tertiary/aromatic N) is 1. The number of rotatable bonds is 13. The van der Waals surface area contributed by atoms with E-state index in [2.05, 4.69) is 29.4 Å². The van der Waals surface area contributed by atoms with Crippen LogP contribution in [0.2, 0.25) is 0 Å². The summed E-state index contributed by atoms with van der Waals surface area (Å²) in [6.07, 6.45) is 6.69. The average molecular weight is 271 g/mol. The zero-order valence-electron chi connectivity index (χ0n) is 13.1. The molecular formula is C15H33N3O. The number of nitrogens with one attached hydrogen (secondary N) is 2. The molecule has 4 heteroatoms. The molecule has 0 saturated carbocycles. The maximum absolute atomic E-state index is 11.4. The molecule has 1 amide bonds. The lowest BCUT2D eigenvalue weighted by molar-refractivity contribution is -0.121. The first-order valence-corrected chi connectivity index (χ1v) is 7.88. The summed E-state index contributed by atoms with van der Waals surface area (Å²) in [4.78, 5) is 14.0. The van der Waals surface area contributed by atoms with E-state index in [1.807, 2.05) is 7.05 Å². The quantitative estimate of drug-likeness (QED) is 0.504. The number of unbranched alkanes of at least 4 members (excludes halogenated alkanes) is 2. The first-order chi connectivity index (χ1) is 9.24. The van der Waals surface area contributed by atoms with Crippen molar-refractivity contribution >= 4 is 5.91 Å². The minimum absolute atomic E-state index is 0.156. The summed E-state index contributed by atoms with van der Waals surface area (Å²) in [5, 5.41) is 5.96. The van der Waals surface area contributed by atoms with E-state index in [9.17, 15) is 4.79 Å². The molecule has 0 heterocycles. The SMILES string of the molecule is CCCCN(CCCC)CCCNC(=O)CCNC. The highest BCUT2D eigenvalue weighted by molar-refractivity contribution is 5.75. The van der Waals surface area contributed by atoms with Crippen LogP contribution in [0.15, 0.2) is 0 Å². The topological polar surface area (TPSA) is 44.4 Å². The minimum atomic E-state index is 0.156. The van der Waals surface area contributed by atoms with E-state index in [1.165, 1.54) is 38.8 Å². The van der Waals surface area contributed by atoms with Crippen LogP contribution in [0.5, 0.6) is 0 Å². The third-order valence-electron chi connectivity index (χ3n) is 3.23. The Morgan fingerprint density at radius 3 is 2.05 bits per heavy atom. The van der Waals surface area contributed by atoms with Crippen molar-refractivity contribution in [3.63, 3.8) is 0 Å². The predicted octanol–water partition coefficient (Wildman–Crippen LogP) is 2.00. The van der Waals surface area contributed by atoms with Gasteiger partial charge in [-0.3, -0.25) is 4.79 Å². The van der Waals surface area contributed by atoms with E-state index in [0.29, 0.717) is 6.42 Å². The molecule has 0 bridgehead atoms. The molecule has 0 spiro atoms. The Bertz CT molecular complexity index is 202. The smallest absolute Gasteiger partial charge is 0.221 e. The second-order valence-corrected chi connectivity index (χ2v) is 5.11. The molecule has 19 heavy (non-hydrogen) atoms. The fourth-order valence-corrected chi connectivity index (χ4v) is 1.96. The molecule has 0 atom stereocenters. The van der Waals surface area contributed by atoms with Gasteiger partial charge in [0.05, 0.1) is 0 Å². The molecule has 0 aliphatic heterocycles. The molecule has 0 radical (unpaired) electrons. The van der Waals surface area contributed by atoms with Gasteiger partial charge < -0.3 is 15.5 Å². The summed E-state index contributed by atoms with van der Waals surface area (Å²) in [5.74, 6) is 0.156. The van der Waals surface area contributed by atoms with Gasteiger partial charge in [0.1, 0.15) is 0 Å². The molecule has 0 unspecified atom stereocenters. The van der Waals surface area contributed by atoms with E-state index in [4.69, 9.17) is 0 Å². The van der Waals surface area contributed by atoms with Gasteiger partial charge in [-0.25, -0.2) is 0 Å². The second-order valence-electron chi connectivity index (χ2n) is 5.11. The molecule has 0 aliphatic carbocycles. The summed E-state index contributed by atoms with van der Waals surface area (Å²) in [5.41, 5.74) is 0. The number of carbonyl (C=O) groups is 1. The Balaban J connectivity index is 3.63. The third-order valence-corrected chi connectivity index (χ3v) is 3.23. The van der Waals surface area contributed by atoms with Gasteiger partial charge in [-0.15, -0.1) is 0 Å². The van der Waals surface area contributed by atoms with Crippen molar-refractivity contribution in [2.45, 2.75) is 52.4 Å². The van der Waals surface area contributed by atoms with E-state index >= 15 is 0 Å². The Morgan fingerprint density at radius 2 is 1.53 bits per heavy atom. The van der Waals surface area contributed by atoms with Crippen molar-refractivity contribution < 1.29 is 4.79 Å². The van der Waals surface area contributed by atoms with E-state index in [0.717, 1.165) is 26.1 Å². The van der Waals surface area contributed by atoms with Crippen LogP contribution in [-0.2, 0) is 4.79 Å². The average Bonchev–Trinajstić information content (AvgIpc) is 2.43. The molecule has 2 N–H and O–H groups in total. The molecular weight excluding hydrogens is 238 g/mol. The van der Waals surface area contributed by atoms with E-state index < -0.39 is 0 Å². The lowest BCUT2D eigenvalue weighted by atomic mass is 10.2. The normalized spacial score (nSPS) is 10.9. The standard InChI is InChI=1S/C15H33N3O/c1-4-6-12-18(13-7-5-2)14-8-10-17-15(19)9-11-16-3/h16H,4-14H2,1-3H3,(H,17,19). The van der Waals surface area contributed by atoms with Crippen molar-refractivity contribution in [3.8, 4) is 0 Å². The van der Waals surface area contributed by atoms with Gasteiger partial charge in [0.15, 0.2) is 0 Å². The molecule has 0 fully saturated rings. The summed E-state index contributed by atoms with van der Waals surface area (Å²) in [6.45, 7) is 9.53. The van der Waals surface area contributed by atoms with Crippen LogP contribution in [0.3, 0.4) is 0 Å². The summed E-state index contributed by atoms with van der Waals surface area (Å²) >= 11 is 0. The first kappa shape index (κ1) is 18.4. The third kappa shape index (κ3) is 12.2. The molecule has 4 nitrogen and oxygen atoms in total. The Labute approximate surface area is 119 Å². The van der Waals surface area contributed by atoms with Gasteiger partial charge in [0.2, 0.25) is 5.91 Å². The number of hydrogen-bond donors (Lipinski definition) is 2. The summed E-state index contributed by atoms with van der Waals surface area (Å²) < 4.78 is 0. The van der Waals surface area contributed by atoms with Crippen LogP contribution >= 0.6 is 0 Å². The molecule has 0 aromatic carbocycles. The van der Waals surface area contributed by atoms with Crippen molar-refractivity contribution in [1.29, 1.82) is 0 Å². The van der Waals surface area contributed by atoms with Crippen LogP contribution in [0.25, 0.3) is 0 Å². The van der Waals surface area contributed by atoms with Gasteiger partial charge in [0.25, 0.3) is 0 Å². The maximum atomic E-state index is 11.4. The fraction of sp³-hybridized carbons (Fsp3) is 0.933. The molecule has 0 aromatic rings. The fourth-order valence-electron chi connectivity index (χ4n) is 1.96. The molecule has 114 valence electrons. The van der Waals surface area contributed by atoms with Crippen LogP contribution in [0.1, 0.15) is 52.4 Å². The van der Waals surface area contributed by atoms with Crippen LogP contribution in [0, 0.1) is 0 Å².